The van der Waals surface area contributed by atoms with Crippen molar-refractivity contribution in [3.8, 4) is 12.1 Å². The van der Waals surface area contributed by atoms with Crippen LogP contribution in [-0.2, 0) is 31.9 Å². The molecule has 0 amide bonds. The summed E-state index contributed by atoms with van der Waals surface area (Å²) in [6, 6.07) is 18.0. The number of aromatic nitrogens is 2. The lowest BCUT2D eigenvalue weighted by molar-refractivity contribution is -0.0180. The summed E-state index contributed by atoms with van der Waals surface area (Å²) < 4.78 is 28.8. The summed E-state index contributed by atoms with van der Waals surface area (Å²) in [5.74, 6) is 0.938. The van der Waals surface area contributed by atoms with E-state index in [-0.39, 0.29) is 24.8 Å². The van der Waals surface area contributed by atoms with Crippen LogP contribution in [-0.4, -0.2) is 137 Å². The second-order valence-electron chi connectivity index (χ2n) is 13.1. The Morgan fingerprint density at radius 2 is 1.70 bits per heavy atom. The van der Waals surface area contributed by atoms with Gasteiger partial charge in [0.2, 0.25) is 0 Å². The lowest BCUT2D eigenvalue weighted by Crippen LogP contribution is -2.51. The average molecular weight is 690 g/mol. The molecule has 270 valence electrons. The van der Waals surface area contributed by atoms with Gasteiger partial charge in [-0.05, 0) is 31.3 Å². The van der Waals surface area contributed by atoms with Crippen molar-refractivity contribution in [2.45, 2.75) is 44.0 Å². The number of nitriles is 1. The Balaban J connectivity index is 1.06. The summed E-state index contributed by atoms with van der Waals surface area (Å²) in [4.78, 5) is 17.1. The maximum absolute atomic E-state index is 9.37. The van der Waals surface area contributed by atoms with Crippen molar-refractivity contribution in [1.29, 1.82) is 5.26 Å². The number of piperazine rings is 1. The first-order valence-corrected chi connectivity index (χ1v) is 17.9. The van der Waals surface area contributed by atoms with Gasteiger partial charge in [0, 0.05) is 61.4 Å². The smallest absolute Gasteiger partial charge is 0.318 e. The highest BCUT2D eigenvalue weighted by Gasteiger charge is 2.32. The maximum atomic E-state index is 9.37. The molecule has 3 aliphatic heterocycles. The van der Waals surface area contributed by atoms with Gasteiger partial charge < -0.3 is 43.9 Å². The first-order valence-electron chi connectivity index (χ1n) is 17.9. The molecular formula is C37H51N7O6. The van der Waals surface area contributed by atoms with E-state index in [0.717, 1.165) is 57.1 Å². The van der Waals surface area contributed by atoms with Crippen LogP contribution in [0.1, 0.15) is 24.1 Å². The summed E-state index contributed by atoms with van der Waals surface area (Å²) in [6.45, 7) is 8.52. The monoisotopic (exact) mass is 689 g/mol. The largest absolute Gasteiger partial charge is 0.462 e. The molecule has 3 aliphatic rings. The fourth-order valence-corrected chi connectivity index (χ4v) is 7.06. The van der Waals surface area contributed by atoms with E-state index in [4.69, 9.17) is 38.8 Å². The minimum atomic E-state index is 0.0211. The Kier molecular flexibility index (Phi) is 13.4. The Hall–Kier alpha value is -3.61. The quantitative estimate of drug-likeness (QED) is 0.189. The van der Waals surface area contributed by atoms with Crippen LogP contribution in [0.2, 0.25) is 0 Å². The van der Waals surface area contributed by atoms with Gasteiger partial charge in [0.15, 0.2) is 0 Å². The zero-order chi connectivity index (χ0) is 34.5. The number of nitrogens with one attached hydrogen (secondary N) is 1. The van der Waals surface area contributed by atoms with Crippen molar-refractivity contribution in [3.63, 3.8) is 0 Å². The van der Waals surface area contributed by atoms with Crippen molar-refractivity contribution in [2.24, 2.45) is 0 Å². The lowest BCUT2D eigenvalue weighted by atomic mass is 10.0. The summed E-state index contributed by atoms with van der Waals surface area (Å²) in [7, 11) is 2.10. The van der Waals surface area contributed by atoms with Crippen LogP contribution in [0.5, 0.6) is 6.01 Å². The fraction of sp³-hybridized carbons (Fsp3) is 0.595. The number of aliphatic hydroxyl groups excluding tert-OH is 1. The Morgan fingerprint density at radius 1 is 0.920 bits per heavy atom. The number of likely N-dealkylation sites (tertiary alicyclic amines) is 1. The number of hydrogen-bond donors (Lipinski definition) is 2. The fourth-order valence-electron chi connectivity index (χ4n) is 7.06. The number of nitrogens with zero attached hydrogens (tertiary/aromatic N) is 6. The zero-order valence-corrected chi connectivity index (χ0v) is 29.2. The molecule has 2 fully saturated rings. The predicted molar refractivity (Wildman–Crippen MR) is 191 cm³/mol. The summed E-state index contributed by atoms with van der Waals surface area (Å²) in [5, 5.41) is 24.0. The van der Waals surface area contributed by atoms with Crippen molar-refractivity contribution in [2.75, 3.05) is 109 Å². The molecule has 13 heteroatoms. The van der Waals surface area contributed by atoms with Crippen molar-refractivity contribution < 1.29 is 28.8 Å². The molecule has 4 heterocycles. The first-order chi connectivity index (χ1) is 24.6. The standard InChI is InChI=1S/C37H51N7O6/c1-42-25-31(49-22-21-48-20-19-47-18-17-46-16-15-45)23-30(42)27-50-37-40-34-26-43(35-8-4-6-28-5-2-3-7-32(28)35)13-10-33(34)36(41-37)44-14-12-39-29(24-44)9-11-38/h2-8,29-31,39,45H,9-10,12-27H2,1H3/t29-,30-,31+/m0/s1. The van der Waals surface area contributed by atoms with Gasteiger partial charge in [-0.1, -0.05) is 36.4 Å². The SMILES string of the molecule is CN1C[C@H](OCCOCCOCCOCCO)C[C@H]1COc1nc2c(c(N3CCN[C@@H](CC#N)C3)n1)CCN(c1cccc3ccccc13)C2. The van der Waals surface area contributed by atoms with E-state index in [1.165, 1.54) is 22.0 Å². The van der Waals surface area contributed by atoms with Crippen LogP contribution in [0.15, 0.2) is 42.5 Å². The van der Waals surface area contributed by atoms with Crippen LogP contribution in [0.4, 0.5) is 11.5 Å². The van der Waals surface area contributed by atoms with Crippen LogP contribution >= 0.6 is 0 Å². The summed E-state index contributed by atoms with van der Waals surface area (Å²) in [5.41, 5.74) is 3.39. The molecule has 6 rings (SSSR count). The second kappa shape index (κ2) is 18.6. The van der Waals surface area contributed by atoms with Crippen molar-refractivity contribution in [1.82, 2.24) is 20.2 Å². The molecule has 3 atom stereocenters. The molecule has 0 radical (unpaired) electrons. The van der Waals surface area contributed by atoms with Gasteiger partial charge >= 0.3 is 6.01 Å². The highest BCUT2D eigenvalue weighted by Crippen LogP contribution is 2.34. The molecule has 3 aromatic rings. The zero-order valence-electron chi connectivity index (χ0n) is 29.2. The summed E-state index contributed by atoms with van der Waals surface area (Å²) in [6.07, 6.45) is 2.25. The number of ether oxygens (including phenoxy) is 5. The van der Waals surface area contributed by atoms with Gasteiger partial charge in [-0.2, -0.15) is 15.2 Å². The number of likely N-dealkylation sites (N-methyl/N-ethyl adjacent to an activating group) is 1. The highest BCUT2D eigenvalue weighted by atomic mass is 16.6. The number of hydrogen-bond acceptors (Lipinski definition) is 13. The van der Waals surface area contributed by atoms with Gasteiger partial charge in [0.05, 0.1) is 83.7 Å². The van der Waals surface area contributed by atoms with Crippen LogP contribution in [0, 0.1) is 11.3 Å². The van der Waals surface area contributed by atoms with Crippen molar-refractivity contribution in [3.05, 3.63) is 53.7 Å². The second-order valence-corrected chi connectivity index (χ2v) is 13.1. The van der Waals surface area contributed by atoms with Gasteiger partial charge in [-0.25, -0.2) is 0 Å². The number of benzene rings is 2. The molecule has 0 bridgehead atoms. The third kappa shape index (κ3) is 9.58. The molecule has 0 spiro atoms. The van der Waals surface area contributed by atoms with E-state index in [2.05, 4.69) is 75.6 Å². The molecular weight excluding hydrogens is 638 g/mol. The Morgan fingerprint density at radius 3 is 2.52 bits per heavy atom. The van der Waals surface area contributed by atoms with Gasteiger partial charge in [0.25, 0.3) is 0 Å². The number of aliphatic hydroxyl groups is 1. The third-order valence-corrected chi connectivity index (χ3v) is 9.64. The third-order valence-electron chi connectivity index (χ3n) is 9.64. The van der Waals surface area contributed by atoms with E-state index < -0.39 is 0 Å². The molecule has 0 unspecified atom stereocenters. The molecule has 2 aromatic carbocycles. The van der Waals surface area contributed by atoms with E-state index in [9.17, 15) is 5.26 Å². The molecule has 13 nitrogen and oxygen atoms in total. The van der Waals surface area contributed by atoms with E-state index in [1.807, 2.05) is 0 Å². The number of fused-ring (bicyclic) bond motifs is 2. The minimum absolute atomic E-state index is 0.0211. The van der Waals surface area contributed by atoms with Crippen LogP contribution in [0.25, 0.3) is 10.8 Å². The van der Waals surface area contributed by atoms with Gasteiger partial charge in [-0.15, -0.1) is 0 Å². The van der Waals surface area contributed by atoms with E-state index >= 15 is 0 Å². The predicted octanol–water partition coefficient (Wildman–Crippen LogP) is 2.39. The summed E-state index contributed by atoms with van der Waals surface area (Å²) >= 11 is 0. The molecule has 2 saturated heterocycles. The Bertz CT molecular complexity index is 1550. The van der Waals surface area contributed by atoms with Crippen molar-refractivity contribution >= 4 is 22.3 Å². The normalized spacial score (nSPS) is 21.0. The Labute approximate surface area is 295 Å². The molecule has 1 aromatic heterocycles. The number of anilines is 2. The van der Waals surface area contributed by atoms with E-state index in [1.54, 1.807) is 0 Å². The average Bonchev–Trinajstić information content (AvgIpc) is 3.50. The molecule has 0 saturated carbocycles. The van der Waals surface area contributed by atoms with E-state index in [0.29, 0.717) is 71.8 Å². The molecule has 2 N–H and O–H groups in total. The first kappa shape index (κ1) is 36.2. The van der Waals surface area contributed by atoms with Crippen LogP contribution < -0.4 is 19.9 Å². The minimum Gasteiger partial charge on any atom is -0.462 e. The lowest BCUT2D eigenvalue weighted by Gasteiger charge is -2.37. The molecule has 0 aliphatic carbocycles. The highest BCUT2D eigenvalue weighted by molar-refractivity contribution is 5.94. The van der Waals surface area contributed by atoms with Gasteiger partial charge in [-0.3, -0.25) is 4.90 Å². The van der Waals surface area contributed by atoms with Crippen LogP contribution in [0.3, 0.4) is 0 Å². The van der Waals surface area contributed by atoms with Gasteiger partial charge in [0.1, 0.15) is 12.4 Å². The molecule has 50 heavy (non-hydrogen) atoms. The number of rotatable bonds is 18. The maximum Gasteiger partial charge on any atom is 0.318 e. The topological polar surface area (TPSA) is 138 Å².